The molecule has 5 nitrogen and oxygen atoms in total. The van der Waals surface area contributed by atoms with E-state index < -0.39 is 12.4 Å². The standard InChI is InChI=1S/C14H11F3N4O/c1-7-12(5-3-9(18)13(7)15)22-8-2-4-11-10(6-8)19-20-21(11)14(16)17/h2-6,14H,18H2,1H3. The Morgan fingerprint density at radius 2 is 2.00 bits per heavy atom. The third-order valence-corrected chi connectivity index (χ3v) is 3.22. The summed E-state index contributed by atoms with van der Waals surface area (Å²) >= 11 is 0. The Morgan fingerprint density at radius 1 is 1.23 bits per heavy atom. The van der Waals surface area contributed by atoms with E-state index in [1.54, 1.807) is 0 Å². The van der Waals surface area contributed by atoms with E-state index in [-0.39, 0.29) is 28.0 Å². The number of ether oxygens (including phenoxy) is 1. The number of anilines is 1. The fraction of sp³-hybridized carbons (Fsp3) is 0.143. The van der Waals surface area contributed by atoms with Crippen molar-refractivity contribution in [2.75, 3.05) is 5.73 Å². The minimum atomic E-state index is -2.77. The maximum Gasteiger partial charge on any atom is 0.335 e. The van der Waals surface area contributed by atoms with Crippen LogP contribution < -0.4 is 10.5 Å². The molecule has 0 bridgehead atoms. The molecule has 0 atom stereocenters. The van der Waals surface area contributed by atoms with Gasteiger partial charge < -0.3 is 10.5 Å². The summed E-state index contributed by atoms with van der Waals surface area (Å²) in [6, 6.07) is 7.28. The Bertz CT molecular complexity index is 847. The molecule has 0 aliphatic rings. The van der Waals surface area contributed by atoms with Crippen LogP contribution in [0.4, 0.5) is 18.9 Å². The van der Waals surface area contributed by atoms with Crippen LogP contribution in [0.25, 0.3) is 11.0 Å². The number of hydrogen-bond donors (Lipinski definition) is 1. The molecule has 3 rings (SSSR count). The van der Waals surface area contributed by atoms with Crippen LogP contribution in [0.5, 0.6) is 11.5 Å². The fourth-order valence-electron chi connectivity index (χ4n) is 2.06. The monoisotopic (exact) mass is 308 g/mol. The number of halogens is 3. The summed E-state index contributed by atoms with van der Waals surface area (Å²) in [4.78, 5) is 0. The van der Waals surface area contributed by atoms with Crippen LogP contribution in [0, 0.1) is 12.7 Å². The first-order valence-electron chi connectivity index (χ1n) is 6.33. The second-order valence-electron chi connectivity index (χ2n) is 4.66. The third-order valence-electron chi connectivity index (χ3n) is 3.22. The van der Waals surface area contributed by atoms with Crippen molar-refractivity contribution in [1.29, 1.82) is 0 Å². The van der Waals surface area contributed by atoms with Crippen LogP contribution in [0.1, 0.15) is 12.1 Å². The van der Waals surface area contributed by atoms with Gasteiger partial charge in [-0.2, -0.15) is 13.5 Å². The van der Waals surface area contributed by atoms with Crippen molar-refractivity contribution in [3.05, 3.63) is 41.7 Å². The van der Waals surface area contributed by atoms with Gasteiger partial charge in [-0.25, -0.2) is 4.39 Å². The summed E-state index contributed by atoms with van der Waals surface area (Å²) in [6.07, 6.45) is 0. The molecule has 1 aromatic heterocycles. The molecule has 0 saturated heterocycles. The number of benzene rings is 2. The Hall–Kier alpha value is -2.77. The highest BCUT2D eigenvalue weighted by molar-refractivity contribution is 5.76. The van der Waals surface area contributed by atoms with Crippen LogP contribution in [0.3, 0.4) is 0 Å². The van der Waals surface area contributed by atoms with Gasteiger partial charge in [-0.3, -0.25) is 0 Å². The maximum atomic E-state index is 13.7. The van der Waals surface area contributed by atoms with Gasteiger partial charge in [0.1, 0.15) is 17.0 Å². The van der Waals surface area contributed by atoms with Gasteiger partial charge in [0.15, 0.2) is 5.82 Å². The summed E-state index contributed by atoms with van der Waals surface area (Å²) in [6.45, 7) is -1.24. The van der Waals surface area contributed by atoms with Gasteiger partial charge in [0.25, 0.3) is 0 Å². The van der Waals surface area contributed by atoms with Gasteiger partial charge in [0.05, 0.1) is 11.2 Å². The van der Waals surface area contributed by atoms with E-state index in [1.165, 1.54) is 37.3 Å². The minimum absolute atomic E-state index is 0.0279. The van der Waals surface area contributed by atoms with E-state index in [4.69, 9.17) is 10.5 Å². The number of rotatable bonds is 3. The molecule has 2 aromatic carbocycles. The second-order valence-corrected chi connectivity index (χ2v) is 4.66. The predicted octanol–water partition coefficient (Wildman–Crippen LogP) is 3.65. The van der Waals surface area contributed by atoms with Gasteiger partial charge in [0.2, 0.25) is 0 Å². The molecule has 0 aliphatic heterocycles. The molecule has 0 saturated carbocycles. The normalized spacial score (nSPS) is 11.3. The summed E-state index contributed by atoms with van der Waals surface area (Å²) in [5, 5.41) is 7.03. The van der Waals surface area contributed by atoms with Crippen LogP contribution >= 0.6 is 0 Å². The number of fused-ring (bicyclic) bond motifs is 1. The average molecular weight is 308 g/mol. The topological polar surface area (TPSA) is 66.0 Å². The Balaban J connectivity index is 1.97. The van der Waals surface area contributed by atoms with E-state index in [2.05, 4.69) is 10.3 Å². The van der Waals surface area contributed by atoms with Crippen LogP contribution in [0.2, 0.25) is 0 Å². The van der Waals surface area contributed by atoms with Crippen molar-refractivity contribution >= 4 is 16.7 Å². The minimum Gasteiger partial charge on any atom is -0.457 e. The van der Waals surface area contributed by atoms with E-state index in [0.717, 1.165) is 0 Å². The SMILES string of the molecule is Cc1c(Oc2ccc3c(c2)nnn3C(F)F)ccc(N)c1F. The Kier molecular flexibility index (Phi) is 3.36. The molecule has 0 amide bonds. The van der Waals surface area contributed by atoms with Gasteiger partial charge in [-0.1, -0.05) is 5.21 Å². The molecule has 0 radical (unpaired) electrons. The van der Waals surface area contributed by atoms with E-state index >= 15 is 0 Å². The first-order valence-corrected chi connectivity index (χ1v) is 6.33. The molecule has 2 N–H and O–H groups in total. The number of alkyl halides is 2. The molecule has 3 aromatic rings. The first-order chi connectivity index (χ1) is 10.5. The van der Waals surface area contributed by atoms with Crippen molar-refractivity contribution in [3.8, 4) is 11.5 Å². The smallest absolute Gasteiger partial charge is 0.335 e. The van der Waals surface area contributed by atoms with Crippen molar-refractivity contribution in [2.24, 2.45) is 0 Å². The highest BCUT2D eigenvalue weighted by Crippen LogP contribution is 2.31. The van der Waals surface area contributed by atoms with E-state index in [1.807, 2.05) is 0 Å². The lowest BCUT2D eigenvalue weighted by Crippen LogP contribution is -1.99. The van der Waals surface area contributed by atoms with Gasteiger partial charge in [-0.05, 0) is 31.2 Å². The Morgan fingerprint density at radius 3 is 2.73 bits per heavy atom. The number of hydrogen-bond acceptors (Lipinski definition) is 4. The van der Waals surface area contributed by atoms with Crippen molar-refractivity contribution in [2.45, 2.75) is 13.5 Å². The lowest BCUT2D eigenvalue weighted by atomic mass is 10.2. The summed E-state index contributed by atoms with van der Waals surface area (Å²) < 4.78 is 45.2. The van der Waals surface area contributed by atoms with Crippen LogP contribution in [0.15, 0.2) is 30.3 Å². The average Bonchev–Trinajstić information content (AvgIpc) is 2.91. The lowest BCUT2D eigenvalue weighted by Gasteiger charge is -2.10. The van der Waals surface area contributed by atoms with Gasteiger partial charge in [-0.15, -0.1) is 5.10 Å². The molecule has 22 heavy (non-hydrogen) atoms. The highest BCUT2D eigenvalue weighted by Gasteiger charge is 2.14. The first kappa shape index (κ1) is 14.2. The summed E-state index contributed by atoms with van der Waals surface area (Å²) in [5.41, 5.74) is 6.19. The zero-order valence-electron chi connectivity index (χ0n) is 11.4. The molecule has 0 unspecified atom stereocenters. The van der Waals surface area contributed by atoms with E-state index in [9.17, 15) is 13.2 Å². The number of aromatic nitrogens is 3. The predicted molar refractivity (Wildman–Crippen MR) is 74.4 cm³/mol. The number of nitrogens with zero attached hydrogens (tertiary/aromatic N) is 3. The summed E-state index contributed by atoms with van der Waals surface area (Å²) in [5.74, 6) is 0.0654. The lowest BCUT2D eigenvalue weighted by molar-refractivity contribution is 0.0593. The quantitative estimate of drug-likeness (QED) is 0.750. The maximum absolute atomic E-state index is 13.7. The molecule has 0 aliphatic carbocycles. The number of nitrogens with two attached hydrogens (primary N) is 1. The molecule has 114 valence electrons. The Labute approximate surface area is 123 Å². The van der Waals surface area contributed by atoms with Crippen LogP contribution in [-0.4, -0.2) is 15.0 Å². The van der Waals surface area contributed by atoms with Crippen molar-refractivity contribution < 1.29 is 17.9 Å². The fourth-order valence-corrected chi connectivity index (χ4v) is 2.06. The van der Waals surface area contributed by atoms with Gasteiger partial charge >= 0.3 is 6.55 Å². The third kappa shape index (κ3) is 2.32. The zero-order chi connectivity index (χ0) is 15.9. The van der Waals surface area contributed by atoms with Crippen LogP contribution in [-0.2, 0) is 0 Å². The molecule has 0 spiro atoms. The van der Waals surface area contributed by atoms with Crippen molar-refractivity contribution in [1.82, 2.24) is 15.0 Å². The molecular weight excluding hydrogens is 297 g/mol. The van der Waals surface area contributed by atoms with E-state index in [0.29, 0.717) is 10.4 Å². The molecule has 0 fully saturated rings. The molecule has 8 heteroatoms. The molecule has 1 heterocycles. The summed E-state index contributed by atoms with van der Waals surface area (Å²) in [7, 11) is 0. The van der Waals surface area contributed by atoms with Gasteiger partial charge in [0, 0.05) is 11.6 Å². The largest absolute Gasteiger partial charge is 0.457 e. The zero-order valence-corrected chi connectivity index (χ0v) is 11.4. The highest BCUT2D eigenvalue weighted by atomic mass is 19.3. The molecular formula is C14H11F3N4O. The van der Waals surface area contributed by atoms with Crippen molar-refractivity contribution in [3.63, 3.8) is 0 Å². The second kappa shape index (κ2) is 5.21. The number of nitrogen functional groups attached to an aromatic ring is 1.